The number of rotatable bonds is 10. The molecule has 0 spiro atoms. The van der Waals surface area contributed by atoms with E-state index in [1.807, 2.05) is 0 Å². The molecule has 0 N–H and O–H groups in total. The molecule has 0 atom stereocenters. The van der Waals surface area contributed by atoms with E-state index in [-0.39, 0.29) is 39.2 Å². The van der Waals surface area contributed by atoms with Gasteiger partial charge in [-0.05, 0) is 198 Å². The van der Waals surface area contributed by atoms with E-state index < -0.39 is 10.8 Å². The Morgan fingerprint density at radius 2 is 0.598 bits per heavy atom. The largest absolute Gasteiger partial charge is 0.310 e. The topological polar surface area (TPSA) is 61.3 Å². The van der Waals surface area contributed by atoms with E-state index in [4.69, 9.17) is 19.9 Å². The first-order valence-corrected chi connectivity index (χ1v) is 42.0. The number of hydrogen-bond donors (Lipinski definition) is 0. The second-order valence-electron chi connectivity index (χ2n) is 40.0. The van der Waals surface area contributed by atoms with Crippen LogP contribution in [0.4, 0.5) is 51.2 Å². The van der Waals surface area contributed by atoms with Crippen molar-refractivity contribution in [3.8, 4) is 56.2 Å². The standard InChI is InChI=1S/C109H110BN7/c1-102(2,3)73-62-77(85-47-35-53-95(111-85)105(10,11)12)100(78(63-73)86-48-36-54-96(112-86)106(13,14)15)116-91-60-57-70(69-39-25-22-26-40-69)61-84(91)110-83-59-58-76(115-89-51-33-31-45-81(89)109(71-41-27-23-28-42-71,72-43-29-24-30-44-72)82-46-32-34-52-90(82)115)68-92(83)117(94-67-75(104(7,8)9)66-93(116)99(94)110)101-79(87-49-37-55-97(113-87)107(16,17)18)64-74(103(4,5)6)65-80(101)88-50-38-56-98(114-88)108(19,20)21/h22-68H,1-21H3. The van der Waals surface area contributed by atoms with Crippen molar-refractivity contribution in [1.29, 1.82) is 0 Å². The molecule has 3 aliphatic rings. The second kappa shape index (κ2) is 28.3. The first-order valence-electron chi connectivity index (χ1n) is 42.0. The molecule has 584 valence electrons. The van der Waals surface area contributed by atoms with Crippen LogP contribution >= 0.6 is 0 Å². The lowest BCUT2D eigenvalue weighted by atomic mass is 9.33. The molecule has 117 heavy (non-hydrogen) atoms. The summed E-state index contributed by atoms with van der Waals surface area (Å²) in [5.41, 5.74) is 32.6. The summed E-state index contributed by atoms with van der Waals surface area (Å²) < 4.78 is 0. The Bertz CT molecular complexity index is 5960. The molecule has 0 aliphatic carbocycles. The van der Waals surface area contributed by atoms with Crippen molar-refractivity contribution in [2.24, 2.45) is 0 Å². The SMILES string of the molecule is CC(C)(C)c1cc(-c2cccc(C(C)(C)C)n2)c(N2c3ccc(-c4ccccc4)cc3B3c4ccc(N5c6ccccc6C(c6ccccc6)(c6ccccc6)c6ccccc65)cc4N(c4c(-c5cccc(C(C)(C)C)n5)cc(C(C)(C)C)cc4-c4cccc(C(C)(C)C)n4)c4cc(C(C)(C)C)cc2c43)c(-c2cccc(C(C)(C)C)n2)c1. The van der Waals surface area contributed by atoms with E-state index in [0.29, 0.717) is 0 Å². The van der Waals surface area contributed by atoms with Crippen molar-refractivity contribution in [2.45, 2.75) is 189 Å². The van der Waals surface area contributed by atoms with Gasteiger partial charge < -0.3 is 14.7 Å². The summed E-state index contributed by atoms with van der Waals surface area (Å²) in [6.07, 6.45) is 0. The Morgan fingerprint density at radius 3 is 0.974 bits per heavy atom. The van der Waals surface area contributed by atoms with Crippen LogP contribution in [0.25, 0.3) is 56.2 Å². The highest BCUT2D eigenvalue weighted by atomic mass is 15.2. The van der Waals surface area contributed by atoms with E-state index in [2.05, 4.69) is 445 Å². The van der Waals surface area contributed by atoms with E-state index in [1.165, 1.54) is 49.9 Å². The van der Waals surface area contributed by atoms with Crippen LogP contribution in [0.5, 0.6) is 0 Å². The maximum atomic E-state index is 5.91. The molecular weight excluding hydrogens is 1420 g/mol. The lowest BCUT2D eigenvalue weighted by Gasteiger charge is -2.48. The number of nitrogens with zero attached hydrogens (tertiary/aromatic N) is 7. The molecule has 10 aromatic carbocycles. The zero-order valence-electron chi connectivity index (χ0n) is 72.3. The number of fused-ring (bicyclic) bond motifs is 6. The van der Waals surface area contributed by atoms with Gasteiger partial charge in [-0.3, -0.25) is 19.9 Å². The molecule has 7 nitrogen and oxygen atoms in total. The van der Waals surface area contributed by atoms with Crippen LogP contribution in [0, 0.1) is 0 Å². The Morgan fingerprint density at radius 1 is 0.248 bits per heavy atom. The maximum Gasteiger partial charge on any atom is 0.252 e. The second-order valence-corrected chi connectivity index (χ2v) is 40.0. The van der Waals surface area contributed by atoms with Gasteiger partial charge in [0.1, 0.15) is 0 Å². The van der Waals surface area contributed by atoms with Gasteiger partial charge in [0, 0.05) is 95.1 Å². The van der Waals surface area contributed by atoms with Crippen molar-refractivity contribution >= 4 is 74.3 Å². The van der Waals surface area contributed by atoms with Gasteiger partial charge in [0.15, 0.2) is 0 Å². The molecule has 14 aromatic rings. The van der Waals surface area contributed by atoms with Crippen LogP contribution in [0.2, 0.25) is 0 Å². The fraction of sp³-hybridized carbons (Fsp3) is 0.266. The Balaban J connectivity index is 1.08. The fourth-order valence-corrected chi connectivity index (χ4v) is 17.9. The number of benzene rings is 10. The van der Waals surface area contributed by atoms with Crippen LogP contribution in [0.1, 0.15) is 207 Å². The summed E-state index contributed by atoms with van der Waals surface area (Å²) in [5.74, 6) is 0. The van der Waals surface area contributed by atoms with Gasteiger partial charge in [0.05, 0.1) is 50.9 Å². The number of aromatic nitrogens is 4. The average molecular weight is 1530 g/mol. The van der Waals surface area contributed by atoms with Crippen LogP contribution < -0.4 is 31.1 Å². The minimum absolute atomic E-state index is 0.259. The lowest BCUT2D eigenvalue weighted by Crippen LogP contribution is -2.61. The molecule has 3 aliphatic heterocycles. The summed E-state index contributed by atoms with van der Waals surface area (Å²) in [6, 6.07) is 108. The lowest BCUT2D eigenvalue weighted by molar-refractivity contribution is 0.569. The highest BCUT2D eigenvalue weighted by molar-refractivity contribution is 7.00. The summed E-state index contributed by atoms with van der Waals surface area (Å²) in [6.45, 7) is 48.2. The summed E-state index contributed by atoms with van der Waals surface area (Å²) >= 11 is 0. The van der Waals surface area contributed by atoms with Gasteiger partial charge in [-0.2, -0.15) is 0 Å². The summed E-state index contributed by atoms with van der Waals surface area (Å²) in [4.78, 5) is 31.4. The zero-order chi connectivity index (χ0) is 82.4. The normalized spacial score (nSPS) is 14.0. The van der Waals surface area contributed by atoms with Crippen molar-refractivity contribution in [1.82, 2.24) is 19.9 Å². The van der Waals surface area contributed by atoms with Crippen LogP contribution in [-0.4, -0.2) is 26.6 Å². The molecule has 0 fully saturated rings. The number of anilines is 9. The van der Waals surface area contributed by atoms with Gasteiger partial charge in [-0.1, -0.05) is 315 Å². The Kier molecular flexibility index (Phi) is 18.8. The van der Waals surface area contributed by atoms with E-state index >= 15 is 0 Å². The molecule has 0 saturated heterocycles. The Hall–Kier alpha value is -11.7. The molecule has 0 amide bonds. The number of hydrogen-bond acceptors (Lipinski definition) is 7. The molecule has 0 radical (unpaired) electrons. The van der Waals surface area contributed by atoms with Crippen molar-refractivity contribution < 1.29 is 0 Å². The monoisotopic (exact) mass is 1530 g/mol. The highest BCUT2D eigenvalue weighted by Gasteiger charge is 2.50. The first kappa shape index (κ1) is 77.8. The van der Waals surface area contributed by atoms with Crippen molar-refractivity contribution in [2.75, 3.05) is 14.7 Å². The quantitative estimate of drug-likeness (QED) is 0.126. The third-order valence-corrected chi connectivity index (χ3v) is 24.4. The molecule has 0 bridgehead atoms. The average Bonchev–Trinajstić information content (AvgIpc) is 0.685. The molecular formula is C109H110BN7. The van der Waals surface area contributed by atoms with Crippen LogP contribution in [0.3, 0.4) is 0 Å². The van der Waals surface area contributed by atoms with Gasteiger partial charge in [0.2, 0.25) is 0 Å². The Labute approximate surface area is 696 Å². The van der Waals surface area contributed by atoms with Gasteiger partial charge in [-0.25, -0.2) is 0 Å². The third kappa shape index (κ3) is 13.7. The fourth-order valence-electron chi connectivity index (χ4n) is 17.9. The molecule has 0 saturated carbocycles. The molecule has 17 rings (SSSR count). The van der Waals surface area contributed by atoms with E-state index in [9.17, 15) is 0 Å². The van der Waals surface area contributed by atoms with Gasteiger partial charge >= 0.3 is 0 Å². The van der Waals surface area contributed by atoms with Crippen LogP contribution in [0.15, 0.2) is 285 Å². The maximum absolute atomic E-state index is 5.91. The predicted molar refractivity (Wildman–Crippen MR) is 496 cm³/mol. The smallest absolute Gasteiger partial charge is 0.252 e. The van der Waals surface area contributed by atoms with Gasteiger partial charge in [-0.15, -0.1) is 0 Å². The summed E-state index contributed by atoms with van der Waals surface area (Å²) in [5, 5.41) is 0. The van der Waals surface area contributed by atoms with Crippen molar-refractivity contribution in [3.05, 3.63) is 347 Å². The van der Waals surface area contributed by atoms with E-state index in [1.54, 1.807) is 0 Å². The third-order valence-electron chi connectivity index (χ3n) is 24.4. The minimum Gasteiger partial charge on any atom is -0.310 e. The zero-order valence-corrected chi connectivity index (χ0v) is 72.3. The van der Waals surface area contributed by atoms with Gasteiger partial charge in [0.25, 0.3) is 6.71 Å². The highest BCUT2D eigenvalue weighted by Crippen LogP contribution is 2.60. The van der Waals surface area contributed by atoms with Crippen molar-refractivity contribution in [3.63, 3.8) is 0 Å². The predicted octanol–water partition coefficient (Wildman–Crippen LogP) is 26.9. The summed E-state index contributed by atoms with van der Waals surface area (Å²) in [7, 11) is 0. The van der Waals surface area contributed by atoms with Crippen LogP contribution in [-0.2, 0) is 43.3 Å². The number of pyridine rings is 4. The molecule has 7 heterocycles. The number of para-hydroxylation sites is 2. The minimum atomic E-state index is -0.690. The van der Waals surface area contributed by atoms with E-state index in [0.717, 1.165) is 136 Å². The molecule has 4 aromatic heterocycles. The first-order chi connectivity index (χ1) is 55.5. The molecule has 8 heteroatoms. The molecule has 0 unspecified atom stereocenters.